The zero-order chi connectivity index (χ0) is 12.8. The van der Waals surface area contributed by atoms with Crippen LogP contribution in [-0.4, -0.2) is 35.7 Å². The van der Waals surface area contributed by atoms with Crippen LogP contribution in [0.1, 0.15) is 18.4 Å². The van der Waals surface area contributed by atoms with Crippen LogP contribution in [0.2, 0.25) is 5.15 Å². The Labute approximate surface area is 103 Å². The van der Waals surface area contributed by atoms with Gasteiger partial charge in [0.1, 0.15) is 5.15 Å². The summed E-state index contributed by atoms with van der Waals surface area (Å²) in [5, 5.41) is 8.57. The summed E-state index contributed by atoms with van der Waals surface area (Å²) in [5.74, 6) is -0.991. The summed E-state index contributed by atoms with van der Waals surface area (Å²) >= 11 is 5.83. The van der Waals surface area contributed by atoms with Gasteiger partial charge in [-0.2, -0.15) is 0 Å². The van der Waals surface area contributed by atoms with Gasteiger partial charge in [0, 0.05) is 18.0 Å². The fourth-order valence-corrected chi connectivity index (χ4v) is 2.43. The summed E-state index contributed by atoms with van der Waals surface area (Å²) in [6.45, 7) is 0. The molecule has 0 atom stereocenters. The van der Waals surface area contributed by atoms with E-state index >= 15 is 0 Å². The molecule has 1 heterocycles. The molecule has 1 aromatic heterocycles. The highest BCUT2D eigenvalue weighted by molar-refractivity contribution is 7.90. The van der Waals surface area contributed by atoms with Gasteiger partial charge in [-0.05, 0) is 12.8 Å². The number of hydrogen-bond acceptors (Lipinski definition) is 5. The first kappa shape index (κ1) is 12.3. The van der Waals surface area contributed by atoms with Gasteiger partial charge in [0.15, 0.2) is 0 Å². The number of sulfone groups is 1. The molecule has 1 aliphatic carbocycles. The van der Waals surface area contributed by atoms with Crippen molar-refractivity contribution in [3.63, 3.8) is 0 Å². The molecule has 92 valence electrons. The summed E-state index contributed by atoms with van der Waals surface area (Å²) in [4.78, 5) is 18.4. The van der Waals surface area contributed by atoms with E-state index in [0.717, 1.165) is 6.26 Å². The van der Waals surface area contributed by atoms with Gasteiger partial charge in [-0.1, -0.05) is 11.6 Å². The van der Waals surface area contributed by atoms with Crippen LogP contribution >= 0.6 is 11.6 Å². The molecule has 1 saturated carbocycles. The maximum atomic E-state index is 11.2. The highest BCUT2D eigenvalue weighted by Gasteiger charge is 2.53. The number of carbonyl (C=O) groups is 1. The van der Waals surface area contributed by atoms with Crippen molar-refractivity contribution in [2.24, 2.45) is 0 Å². The van der Waals surface area contributed by atoms with Gasteiger partial charge in [0.2, 0.25) is 15.0 Å². The molecule has 8 heteroatoms. The van der Waals surface area contributed by atoms with Crippen molar-refractivity contribution < 1.29 is 18.3 Å². The molecule has 0 radical (unpaired) electrons. The van der Waals surface area contributed by atoms with Crippen LogP contribution in [0.25, 0.3) is 0 Å². The Bertz CT molecular complexity index is 595. The lowest BCUT2D eigenvalue weighted by atomic mass is 10.00. The van der Waals surface area contributed by atoms with E-state index in [4.69, 9.17) is 16.7 Å². The number of aliphatic carboxylic acids is 1. The van der Waals surface area contributed by atoms with E-state index in [1.165, 1.54) is 6.20 Å². The third-order valence-electron chi connectivity index (χ3n) is 2.73. The largest absolute Gasteiger partial charge is 0.481 e. The van der Waals surface area contributed by atoms with E-state index in [-0.39, 0.29) is 10.7 Å². The van der Waals surface area contributed by atoms with Gasteiger partial charge in [0.05, 0.1) is 5.41 Å². The Morgan fingerprint density at radius 3 is 2.47 bits per heavy atom. The van der Waals surface area contributed by atoms with Crippen molar-refractivity contribution in [2.45, 2.75) is 23.4 Å². The lowest BCUT2D eigenvalue weighted by Crippen LogP contribution is -2.21. The highest BCUT2D eigenvalue weighted by Crippen LogP contribution is 2.50. The minimum Gasteiger partial charge on any atom is -0.481 e. The first-order chi connectivity index (χ1) is 7.77. The number of carboxylic acid groups (broad SMARTS) is 1. The van der Waals surface area contributed by atoms with E-state index in [0.29, 0.717) is 12.8 Å². The van der Waals surface area contributed by atoms with Crippen molar-refractivity contribution in [1.29, 1.82) is 0 Å². The molecular weight excluding hydrogens is 268 g/mol. The van der Waals surface area contributed by atoms with Crippen molar-refractivity contribution in [2.75, 3.05) is 6.26 Å². The molecule has 1 aromatic rings. The summed E-state index contributed by atoms with van der Waals surface area (Å²) in [6.07, 6.45) is 3.07. The number of rotatable bonds is 3. The fourth-order valence-electron chi connectivity index (χ4n) is 1.57. The minimum absolute atomic E-state index is 0.111. The summed E-state index contributed by atoms with van der Waals surface area (Å²) < 4.78 is 22.4. The summed E-state index contributed by atoms with van der Waals surface area (Å²) in [6, 6.07) is 0. The molecule has 0 saturated heterocycles. The molecule has 0 aromatic carbocycles. The zero-order valence-corrected chi connectivity index (χ0v) is 10.4. The van der Waals surface area contributed by atoms with Crippen molar-refractivity contribution >= 4 is 27.4 Å². The maximum absolute atomic E-state index is 11.2. The Hall–Kier alpha value is -1.21. The predicted octanol–water partition coefficient (Wildman–Crippen LogP) is 0.650. The van der Waals surface area contributed by atoms with Crippen LogP contribution in [0, 0.1) is 0 Å². The second-order valence-corrected chi connectivity index (χ2v) is 6.28. The molecule has 6 nitrogen and oxygen atoms in total. The van der Waals surface area contributed by atoms with E-state index < -0.39 is 26.4 Å². The average molecular weight is 277 g/mol. The first-order valence-electron chi connectivity index (χ1n) is 4.74. The molecule has 17 heavy (non-hydrogen) atoms. The fraction of sp³-hybridized carbons (Fsp3) is 0.444. The van der Waals surface area contributed by atoms with Crippen LogP contribution in [0.15, 0.2) is 11.4 Å². The predicted molar refractivity (Wildman–Crippen MR) is 58.7 cm³/mol. The van der Waals surface area contributed by atoms with Gasteiger partial charge in [0.25, 0.3) is 0 Å². The van der Waals surface area contributed by atoms with Gasteiger partial charge < -0.3 is 5.11 Å². The van der Waals surface area contributed by atoms with Gasteiger partial charge >= 0.3 is 5.97 Å². The van der Waals surface area contributed by atoms with Gasteiger partial charge in [-0.3, -0.25) is 4.79 Å². The van der Waals surface area contributed by atoms with Crippen LogP contribution in [0.4, 0.5) is 0 Å². The lowest BCUT2D eigenvalue weighted by Gasteiger charge is -2.11. The van der Waals surface area contributed by atoms with Gasteiger partial charge in [-0.15, -0.1) is 0 Å². The molecule has 0 spiro atoms. The Morgan fingerprint density at radius 1 is 1.53 bits per heavy atom. The molecule has 1 fully saturated rings. The second-order valence-electron chi connectivity index (χ2n) is 4.02. The number of aromatic nitrogens is 2. The van der Waals surface area contributed by atoms with Crippen LogP contribution in [-0.2, 0) is 20.0 Å². The molecule has 1 aliphatic rings. The lowest BCUT2D eigenvalue weighted by molar-refractivity contribution is -0.140. The third-order valence-corrected chi connectivity index (χ3v) is 3.87. The maximum Gasteiger partial charge on any atom is 0.314 e. The van der Waals surface area contributed by atoms with Crippen molar-refractivity contribution in [3.8, 4) is 0 Å². The molecular formula is C9H9ClN2O4S. The Balaban J connectivity index is 2.51. The monoisotopic (exact) mass is 276 g/mol. The van der Waals surface area contributed by atoms with Crippen molar-refractivity contribution in [3.05, 3.63) is 16.9 Å². The Kier molecular flexibility index (Phi) is 2.62. The molecule has 0 unspecified atom stereocenters. The van der Waals surface area contributed by atoms with E-state index in [9.17, 15) is 13.2 Å². The molecule has 0 aliphatic heterocycles. The molecule has 2 rings (SSSR count). The number of halogens is 1. The number of carboxylic acids is 1. The molecule has 0 bridgehead atoms. The zero-order valence-electron chi connectivity index (χ0n) is 8.84. The topological polar surface area (TPSA) is 97.2 Å². The third kappa shape index (κ3) is 2.00. The standard InChI is InChI=1S/C9H9ClN2O4S/c1-17(15,16)8-11-4-5(6(10)12-8)9(2-3-9)7(13)14/h4H,2-3H2,1H3,(H,13,14). The Morgan fingerprint density at radius 2 is 2.12 bits per heavy atom. The molecule has 1 N–H and O–H groups in total. The smallest absolute Gasteiger partial charge is 0.314 e. The quantitative estimate of drug-likeness (QED) is 0.643. The van der Waals surface area contributed by atoms with E-state index in [2.05, 4.69) is 9.97 Å². The number of nitrogens with zero attached hydrogens (tertiary/aromatic N) is 2. The second kappa shape index (κ2) is 3.64. The summed E-state index contributed by atoms with van der Waals surface area (Å²) in [7, 11) is -3.54. The normalized spacial score (nSPS) is 17.8. The minimum atomic E-state index is -3.54. The van der Waals surface area contributed by atoms with Crippen molar-refractivity contribution in [1.82, 2.24) is 9.97 Å². The molecule has 0 amide bonds. The SMILES string of the molecule is CS(=O)(=O)c1ncc(C2(C(=O)O)CC2)c(Cl)n1. The highest BCUT2D eigenvalue weighted by atomic mass is 35.5. The van der Waals surface area contributed by atoms with Crippen LogP contribution < -0.4 is 0 Å². The van der Waals surface area contributed by atoms with Crippen LogP contribution in [0.3, 0.4) is 0 Å². The van der Waals surface area contributed by atoms with Gasteiger partial charge in [-0.25, -0.2) is 18.4 Å². The van der Waals surface area contributed by atoms with E-state index in [1.54, 1.807) is 0 Å². The first-order valence-corrected chi connectivity index (χ1v) is 7.01. The average Bonchev–Trinajstić information content (AvgIpc) is 2.96. The van der Waals surface area contributed by atoms with Crippen LogP contribution in [0.5, 0.6) is 0 Å². The summed E-state index contributed by atoms with van der Waals surface area (Å²) in [5.41, 5.74) is -0.758. The number of hydrogen-bond donors (Lipinski definition) is 1. The van der Waals surface area contributed by atoms with E-state index in [1.807, 2.05) is 0 Å².